The predicted molar refractivity (Wildman–Crippen MR) is 136 cm³/mol. The van der Waals surface area contributed by atoms with E-state index >= 15 is 0 Å². The minimum atomic E-state index is -1.10. The molecule has 38 heavy (non-hydrogen) atoms. The fourth-order valence-corrected chi connectivity index (χ4v) is 10.2. The van der Waals surface area contributed by atoms with Gasteiger partial charge < -0.3 is 18.9 Å². The summed E-state index contributed by atoms with van der Waals surface area (Å²) in [7, 11) is 2.99. The highest BCUT2D eigenvalue weighted by Crippen LogP contribution is 2.82. The summed E-state index contributed by atoms with van der Waals surface area (Å²) in [4.78, 5) is 40.7. The lowest BCUT2D eigenvalue weighted by Crippen LogP contribution is -2.66. The molecule has 3 saturated carbocycles. The van der Waals surface area contributed by atoms with Gasteiger partial charge in [0.15, 0.2) is 5.60 Å². The minimum Gasteiger partial charge on any atom is -0.497 e. The number of hydrogen-bond donors (Lipinski definition) is 0. The van der Waals surface area contributed by atoms with Crippen molar-refractivity contribution in [3.8, 4) is 5.75 Å². The Hall–Kier alpha value is -3.09. The number of methoxy groups -OCH3 is 2. The van der Waals surface area contributed by atoms with Crippen LogP contribution in [0.3, 0.4) is 0 Å². The third-order valence-corrected chi connectivity index (χ3v) is 11.4. The number of fused-ring (bicyclic) bond motifs is 2. The first kappa shape index (κ1) is 24.0. The largest absolute Gasteiger partial charge is 0.497 e. The van der Waals surface area contributed by atoms with Crippen LogP contribution in [0.5, 0.6) is 5.75 Å². The third-order valence-electron chi connectivity index (χ3n) is 11.4. The highest BCUT2D eigenvalue weighted by atomic mass is 16.6. The Morgan fingerprint density at radius 1 is 1.03 bits per heavy atom. The number of ketones is 1. The summed E-state index contributed by atoms with van der Waals surface area (Å²) in [6.07, 6.45) is 8.31. The fraction of sp³-hybridized carbons (Fsp3) is 0.581. The van der Waals surface area contributed by atoms with Crippen LogP contribution >= 0.6 is 0 Å². The summed E-state index contributed by atoms with van der Waals surface area (Å²) in [5.41, 5.74) is -0.858. The van der Waals surface area contributed by atoms with Crippen LogP contribution in [0.15, 0.2) is 47.7 Å². The average molecular weight is 519 g/mol. The molecular weight excluding hydrogens is 484 g/mol. The van der Waals surface area contributed by atoms with Gasteiger partial charge in [0.1, 0.15) is 23.4 Å². The van der Waals surface area contributed by atoms with Gasteiger partial charge in [-0.05, 0) is 42.9 Å². The first-order chi connectivity index (χ1) is 18.2. The van der Waals surface area contributed by atoms with E-state index in [2.05, 4.69) is 31.2 Å². The summed E-state index contributed by atoms with van der Waals surface area (Å²) in [5.74, 6) is -0.812. The number of rotatable bonds is 3. The Labute approximate surface area is 222 Å². The molecule has 1 aromatic carbocycles. The molecule has 0 unspecified atom stereocenters. The molecule has 0 N–H and O–H groups in total. The van der Waals surface area contributed by atoms with Crippen molar-refractivity contribution in [3.63, 3.8) is 0 Å². The molecule has 2 aliphatic heterocycles. The topological polar surface area (TPSA) is 88.1 Å². The number of carbonyl (C=O) groups is 3. The van der Waals surface area contributed by atoms with E-state index < -0.39 is 34.9 Å². The van der Waals surface area contributed by atoms with Gasteiger partial charge in [0.25, 0.3) is 0 Å². The number of Topliss-reactive ketones (excluding diaryl/α,β-unsaturated/α-hetero) is 1. The van der Waals surface area contributed by atoms with Crippen molar-refractivity contribution < 1.29 is 33.3 Å². The zero-order chi connectivity index (χ0) is 26.7. The molecule has 0 aromatic heterocycles. The summed E-state index contributed by atoms with van der Waals surface area (Å²) in [6, 6.07) is 8.13. The van der Waals surface area contributed by atoms with Gasteiger partial charge in [0.2, 0.25) is 0 Å². The van der Waals surface area contributed by atoms with Crippen molar-refractivity contribution in [2.75, 3.05) is 14.2 Å². The molecule has 4 fully saturated rings. The smallest absolute Gasteiger partial charge is 0.337 e. The quantitative estimate of drug-likeness (QED) is 0.432. The van der Waals surface area contributed by atoms with E-state index in [0.717, 1.165) is 37.0 Å². The van der Waals surface area contributed by atoms with Crippen LogP contribution in [0.2, 0.25) is 0 Å². The fourth-order valence-electron chi connectivity index (χ4n) is 10.2. The van der Waals surface area contributed by atoms with Crippen LogP contribution < -0.4 is 4.74 Å². The van der Waals surface area contributed by atoms with Gasteiger partial charge in [-0.25, -0.2) is 4.79 Å². The van der Waals surface area contributed by atoms with Crippen LogP contribution in [-0.4, -0.2) is 43.6 Å². The van der Waals surface area contributed by atoms with Crippen molar-refractivity contribution >= 4 is 17.7 Å². The highest BCUT2D eigenvalue weighted by molar-refractivity contribution is 5.95. The molecule has 7 rings (SSSR count). The van der Waals surface area contributed by atoms with Crippen LogP contribution in [0.4, 0.5) is 0 Å². The summed E-state index contributed by atoms with van der Waals surface area (Å²) in [5, 5.41) is 0. The number of esters is 2. The molecule has 4 aliphatic carbocycles. The molecule has 0 amide bonds. The lowest BCUT2D eigenvalue weighted by atomic mass is 9.49. The van der Waals surface area contributed by atoms with Gasteiger partial charge in [-0.3, -0.25) is 9.59 Å². The van der Waals surface area contributed by atoms with E-state index in [1.165, 1.54) is 7.11 Å². The van der Waals surface area contributed by atoms with E-state index in [-0.39, 0.29) is 41.3 Å². The maximum atomic E-state index is 14.5. The van der Waals surface area contributed by atoms with Crippen LogP contribution in [0.1, 0.15) is 57.9 Å². The van der Waals surface area contributed by atoms with E-state index in [4.69, 9.17) is 18.9 Å². The number of benzene rings is 1. The molecule has 200 valence electrons. The second kappa shape index (κ2) is 7.51. The summed E-state index contributed by atoms with van der Waals surface area (Å²) < 4.78 is 23.4. The zero-order valence-electron chi connectivity index (χ0n) is 22.4. The minimum absolute atomic E-state index is 0.117. The number of allylic oxidation sites excluding steroid dienone is 3. The SMILES string of the molecule is COC(=O)C1=C(C)O[C@@H]2CC(=O)O[C@@]23[C@H]2[C@@H](C(=O)C[C@@H]13)[C@]1(c3ccc(OC)cc3)C=C[C@]23CCCC[C@@]31C. The molecule has 6 aliphatic rings. The molecule has 7 nitrogen and oxygen atoms in total. The number of hydrogen-bond acceptors (Lipinski definition) is 7. The number of carbonyl (C=O) groups excluding carboxylic acids is 3. The third kappa shape index (κ3) is 2.41. The van der Waals surface area contributed by atoms with E-state index in [9.17, 15) is 14.4 Å². The highest BCUT2D eigenvalue weighted by Gasteiger charge is 2.85. The van der Waals surface area contributed by atoms with Crippen LogP contribution in [0.25, 0.3) is 0 Å². The van der Waals surface area contributed by atoms with E-state index in [0.29, 0.717) is 11.3 Å². The van der Waals surface area contributed by atoms with Crippen molar-refractivity contribution in [3.05, 3.63) is 53.3 Å². The van der Waals surface area contributed by atoms with Gasteiger partial charge in [0.05, 0.1) is 26.2 Å². The molecular formula is C31H34O7. The Bertz CT molecular complexity index is 1330. The van der Waals surface area contributed by atoms with E-state index in [1.807, 2.05) is 12.1 Å². The summed E-state index contributed by atoms with van der Waals surface area (Å²) >= 11 is 0. The first-order valence-corrected chi connectivity index (χ1v) is 13.8. The van der Waals surface area contributed by atoms with Gasteiger partial charge >= 0.3 is 11.9 Å². The Balaban J connectivity index is 1.51. The lowest BCUT2D eigenvalue weighted by molar-refractivity contribution is -0.206. The molecule has 0 radical (unpaired) electrons. The normalized spacial score (nSPS) is 44.0. The first-order valence-electron chi connectivity index (χ1n) is 13.8. The van der Waals surface area contributed by atoms with Gasteiger partial charge in [-0.15, -0.1) is 0 Å². The van der Waals surface area contributed by atoms with Crippen LogP contribution in [-0.2, 0) is 34.0 Å². The Kier molecular flexibility index (Phi) is 4.74. The zero-order valence-corrected chi connectivity index (χ0v) is 22.4. The predicted octanol–water partition coefficient (Wildman–Crippen LogP) is 4.44. The van der Waals surface area contributed by atoms with Gasteiger partial charge in [0, 0.05) is 35.0 Å². The molecule has 1 saturated heterocycles. The van der Waals surface area contributed by atoms with E-state index in [1.54, 1.807) is 14.0 Å². The maximum Gasteiger partial charge on any atom is 0.337 e. The number of ether oxygens (including phenoxy) is 4. The second-order valence-electron chi connectivity index (χ2n) is 12.3. The lowest BCUT2D eigenvalue weighted by Gasteiger charge is -2.58. The molecule has 8 atom stereocenters. The molecule has 2 heterocycles. The molecule has 1 aromatic rings. The van der Waals surface area contributed by atoms with Gasteiger partial charge in [-0.2, -0.15) is 0 Å². The van der Waals surface area contributed by atoms with Crippen molar-refractivity contribution in [2.24, 2.45) is 28.6 Å². The van der Waals surface area contributed by atoms with Crippen molar-refractivity contribution in [2.45, 2.75) is 69.5 Å². The molecule has 7 heteroatoms. The van der Waals surface area contributed by atoms with Crippen molar-refractivity contribution in [1.29, 1.82) is 0 Å². The van der Waals surface area contributed by atoms with Crippen molar-refractivity contribution in [1.82, 2.24) is 0 Å². The average Bonchev–Trinajstić information content (AvgIpc) is 3.46. The second-order valence-corrected chi connectivity index (χ2v) is 12.3. The molecule has 2 bridgehead atoms. The summed E-state index contributed by atoms with van der Waals surface area (Å²) in [6.45, 7) is 4.07. The monoisotopic (exact) mass is 518 g/mol. The molecule has 1 spiro atoms. The maximum absolute atomic E-state index is 14.5. The van der Waals surface area contributed by atoms with Gasteiger partial charge in [-0.1, -0.05) is 44.1 Å². The Morgan fingerprint density at radius 3 is 2.47 bits per heavy atom. The van der Waals surface area contributed by atoms with Crippen LogP contribution in [0, 0.1) is 28.6 Å². The Morgan fingerprint density at radius 2 is 1.76 bits per heavy atom. The standard InChI is InChI=1S/C31H34O7/c1-17-24(27(34)36-4)20-15-21(32)25-26(31(20)22(37-17)16-23(33)38-31)29-12-6-5-11-28(29,2)30(25,14-13-29)18-7-9-19(35-3)10-8-18/h7-10,13-14,20,22,25-26H,5-6,11-12,15-16H2,1-4H3/t20-,22+,25+,26-,28-,29+,30+,31+/m0/s1.